The highest BCUT2D eigenvalue weighted by Crippen LogP contribution is 2.18. The zero-order valence-electron chi connectivity index (χ0n) is 15.3. The number of benzene rings is 1. The summed E-state index contributed by atoms with van der Waals surface area (Å²) in [5, 5.41) is 12.2. The number of piperidine rings is 1. The summed E-state index contributed by atoms with van der Waals surface area (Å²) in [6.45, 7) is 7.89. The molecule has 2 aliphatic rings. The number of likely N-dealkylation sites (tertiary alicyclic amines) is 2. The molecule has 1 aromatic rings. The van der Waals surface area contributed by atoms with Crippen molar-refractivity contribution in [3.05, 3.63) is 35.4 Å². The molecular formula is C20H31N3O2. The molecule has 138 valence electrons. The molecule has 2 N–H and O–H groups in total. The largest absolute Gasteiger partial charge is 0.396 e. The minimum absolute atomic E-state index is 0.0255. The number of hydrogen-bond donors (Lipinski definition) is 2. The molecular weight excluding hydrogens is 314 g/mol. The third kappa shape index (κ3) is 5.19. The fourth-order valence-corrected chi connectivity index (χ4v) is 3.70. The highest BCUT2D eigenvalue weighted by atomic mass is 16.3. The van der Waals surface area contributed by atoms with Crippen LogP contribution < -0.4 is 5.32 Å². The lowest BCUT2D eigenvalue weighted by Gasteiger charge is -2.30. The van der Waals surface area contributed by atoms with Gasteiger partial charge in [0.2, 0.25) is 0 Å². The summed E-state index contributed by atoms with van der Waals surface area (Å²) in [6, 6.07) is 8.56. The molecule has 1 atom stereocenters. The van der Waals surface area contributed by atoms with Gasteiger partial charge in [0, 0.05) is 38.7 Å². The average molecular weight is 345 g/mol. The molecule has 0 spiro atoms. The highest BCUT2D eigenvalue weighted by Gasteiger charge is 2.25. The average Bonchev–Trinajstić information content (AvgIpc) is 3.12. The molecule has 5 heteroatoms. The second-order valence-corrected chi connectivity index (χ2v) is 7.72. The quantitative estimate of drug-likeness (QED) is 0.862. The Balaban J connectivity index is 1.42. The molecule has 0 aromatic heterocycles. The number of hydrogen-bond acceptors (Lipinski definition) is 3. The van der Waals surface area contributed by atoms with Gasteiger partial charge in [-0.2, -0.15) is 0 Å². The summed E-state index contributed by atoms with van der Waals surface area (Å²) in [5.74, 6) is 1.10. The van der Waals surface area contributed by atoms with Gasteiger partial charge in [-0.05, 0) is 49.4 Å². The molecule has 3 rings (SSSR count). The topological polar surface area (TPSA) is 55.8 Å². The van der Waals surface area contributed by atoms with Crippen LogP contribution in [0.2, 0.25) is 0 Å². The van der Waals surface area contributed by atoms with E-state index in [1.54, 1.807) is 4.90 Å². The van der Waals surface area contributed by atoms with Crippen molar-refractivity contribution in [2.45, 2.75) is 39.3 Å². The lowest BCUT2D eigenvalue weighted by molar-refractivity contribution is 0.185. The monoisotopic (exact) mass is 345 g/mol. The van der Waals surface area contributed by atoms with Crippen molar-refractivity contribution in [3.8, 4) is 0 Å². The standard InChI is InChI=1S/C20H31N3O2/c1-16-6-9-22(10-7-16)13-18-4-2-17(3-5-18)12-21-20(25)23-11-8-19(14-23)15-24/h2-5,16,19,24H,6-15H2,1H3,(H,21,25). The molecule has 1 aromatic carbocycles. The molecule has 5 nitrogen and oxygen atoms in total. The Bertz CT molecular complexity index is 553. The smallest absolute Gasteiger partial charge is 0.317 e. The van der Waals surface area contributed by atoms with E-state index in [0.717, 1.165) is 31.0 Å². The number of urea groups is 1. The van der Waals surface area contributed by atoms with Gasteiger partial charge < -0.3 is 15.3 Å². The van der Waals surface area contributed by atoms with Crippen molar-refractivity contribution in [2.24, 2.45) is 11.8 Å². The summed E-state index contributed by atoms with van der Waals surface area (Å²) < 4.78 is 0. The van der Waals surface area contributed by atoms with Crippen LogP contribution in [0.15, 0.2) is 24.3 Å². The van der Waals surface area contributed by atoms with Crippen molar-refractivity contribution < 1.29 is 9.90 Å². The van der Waals surface area contributed by atoms with Gasteiger partial charge in [0.15, 0.2) is 0 Å². The number of amides is 2. The number of carbonyl (C=O) groups excluding carboxylic acids is 1. The van der Waals surface area contributed by atoms with E-state index >= 15 is 0 Å². The molecule has 0 bridgehead atoms. The van der Waals surface area contributed by atoms with Gasteiger partial charge >= 0.3 is 6.03 Å². The van der Waals surface area contributed by atoms with Crippen LogP contribution in [0.5, 0.6) is 0 Å². The lowest BCUT2D eigenvalue weighted by Crippen LogP contribution is -2.38. The molecule has 0 radical (unpaired) electrons. The maximum atomic E-state index is 12.2. The minimum atomic E-state index is -0.0255. The number of aliphatic hydroxyl groups excluding tert-OH is 1. The van der Waals surface area contributed by atoms with Crippen molar-refractivity contribution in [1.29, 1.82) is 0 Å². The van der Waals surface area contributed by atoms with Crippen LogP contribution in [0.25, 0.3) is 0 Å². The Morgan fingerprint density at radius 3 is 2.44 bits per heavy atom. The first kappa shape index (κ1) is 18.2. The van der Waals surface area contributed by atoms with Gasteiger partial charge in [-0.25, -0.2) is 4.79 Å². The van der Waals surface area contributed by atoms with Gasteiger partial charge in [-0.3, -0.25) is 4.90 Å². The maximum absolute atomic E-state index is 12.2. The number of nitrogens with zero attached hydrogens (tertiary/aromatic N) is 2. The van der Waals surface area contributed by atoms with Crippen LogP contribution in [0.4, 0.5) is 4.79 Å². The predicted molar refractivity (Wildman–Crippen MR) is 99.1 cm³/mol. The van der Waals surface area contributed by atoms with Crippen molar-refractivity contribution in [1.82, 2.24) is 15.1 Å². The molecule has 1 unspecified atom stereocenters. The van der Waals surface area contributed by atoms with Crippen molar-refractivity contribution in [2.75, 3.05) is 32.8 Å². The SMILES string of the molecule is CC1CCN(Cc2ccc(CNC(=O)N3CCC(CO)C3)cc2)CC1. The summed E-state index contributed by atoms with van der Waals surface area (Å²) in [6.07, 6.45) is 3.50. The minimum Gasteiger partial charge on any atom is -0.396 e. The lowest BCUT2D eigenvalue weighted by atomic mass is 9.99. The highest BCUT2D eigenvalue weighted by molar-refractivity contribution is 5.74. The van der Waals surface area contributed by atoms with E-state index < -0.39 is 0 Å². The van der Waals surface area contributed by atoms with Gasteiger partial charge in [0.1, 0.15) is 0 Å². The predicted octanol–water partition coefficient (Wildman–Crippen LogP) is 2.44. The first-order chi connectivity index (χ1) is 12.1. The Morgan fingerprint density at radius 1 is 1.12 bits per heavy atom. The van der Waals surface area contributed by atoms with E-state index in [1.165, 1.54) is 31.5 Å². The molecule has 2 saturated heterocycles. The van der Waals surface area contributed by atoms with Crippen LogP contribution in [-0.2, 0) is 13.1 Å². The van der Waals surface area contributed by atoms with Crippen LogP contribution in [-0.4, -0.2) is 53.7 Å². The fourth-order valence-electron chi connectivity index (χ4n) is 3.70. The van der Waals surface area contributed by atoms with Gasteiger partial charge in [0.05, 0.1) is 0 Å². The van der Waals surface area contributed by atoms with Crippen LogP contribution >= 0.6 is 0 Å². The summed E-state index contributed by atoms with van der Waals surface area (Å²) in [4.78, 5) is 16.5. The normalized spacial score (nSPS) is 22.3. The fraction of sp³-hybridized carbons (Fsp3) is 0.650. The number of nitrogens with one attached hydrogen (secondary N) is 1. The molecule has 0 aliphatic carbocycles. The molecule has 2 heterocycles. The third-order valence-electron chi connectivity index (χ3n) is 5.58. The van der Waals surface area contributed by atoms with E-state index in [0.29, 0.717) is 13.1 Å². The number of rotatable bonds is 5. The Hall–Kier alpha value is -1.59. The van der Waals surface area contributed by atoms with E-state index in [4.69, 9.17) is 5.11 Å². The molecule has 0 saturated carbocycles. The third-order valence-corrected chi connectivity index (χ3v) is 5.58. The van der Waals surface area contributed by atoms with Crippen LogP contribution in [0.1, 0.15) is 37.3 Å². The van der Waals surface area contributed by atoms with Gasteiger partial charge in [0.25, 0.3) is 0 Å². The van der Waals surface area contributed by atoms with Crippen molar-refractivity contribution >= 4 is 6.03 Å². The molecule has 2 fully saturated rings. The second-order valence-electron chi connectivity index (χ2n) is 7.72. The van der Waals surface area contributed by atoms with Crippen molar-refractivity contribution in [3.63, 3.8) is 0 Å². The van der Waals surface area contributed by atoms with Gasteiger partial charge in [-0.1, -0.05) is 31.2 Å². The summed E-state index contributed by atoms with van der Waals surface area (Å²) in [5.41, 5.74) is 2.47. The van der Waals surface area contributed by atoms with Crippen LogP contribution in [0, 0.1) is 11.8 Å². The zero-order chi connectivity index (χ0) is 17.6. The van der Waals surface area contributed by atoms with E-state index in [1.807, 2.05) is 0 Å². The van der Waals surface area contributed by atoms with E-state index in [-0.39, 0.29) is 18.6 Å². The molecule has 25 heavy (non-hydrogen) atoms. The van der Waals surface area contributed by atoms with E-state index in [2.05, 4.69) is 41.4 Å². The van der Waals surface area contributed by atoms with E-state index in [9.17, 15) is 4.79 Å². The van der Waals surface area contributed by atoms with Gasteiger partial charge in [-0.15, -0.1) is 0 Å². The first-order valence-corrected chi connectivity index (χ1v) is 9.58. The zero-order valence-corrected chi connectivity index (χ0v) is 15.3. The maximum Gasteiger partial charge on any atom is 0.317 e. The molecule has 2 amide bonds. The summed E-state index contributed by atoms with van der Waals surface area (Å²) >= 11 is 0. The summed E-state index contributed by atoms with van der Waals surface area (Å²) in [7, 11) is 0. The Kier molecular flexibility index (Phi) is 6.32. The second kappa shape index (κ2) is 8.68. The number of aliphatic hydroxyl groups is 1. The van der Waals surface area contributed by atoms with Crippen LogP contribution in [0.3, 0.4) is 0 Å². The molecule has 2 aliphatic heterocycles. The Labute approximate surface area is 151 Å². The Morgan fingerprint density at radius 2 is 1.80 bits per heavy atom. The first-order valence-electron chi connectivity index (χ1n) is 9.58. The number of carbonyl (C=O) groups is 1.